The Hall–Kier alpha value is -1.69. The third kappa shape index (κ3) is 3.45. The summed E-state index contributed by atoms with van der Waals surface area (Å²) in [5, 5.41) is 19.6. The van der Waals surface area contributed by atoms with E-state index >= 15 is 0 Å². The molecule has 9 heteroatoms. The van der Waals surface area contributed by atoms with Crippen molar-refractivity contribution in [1.82, 2.24) is 4.72 Å². The molecule has 1 aromatic carbocycles. The molecule has 0 aliphatic heterocycles. The van der Waals surface area contributed by atoms with Crippen molar-refractivity contribution in [2.75, 3.05) is 0 Å². The number of nitriles is 1. The molecule has 1 N–H and O–H groups in total. The zero-order valence-corrected chi connectivity index (χ0v) is 12.3. The number of nitro benzene ring substituents is 1. The summed E-state index contributed by atoms with van der Waals surface area (Å²) in [5.41, 5.74) is -1.79. The van der Waals surface area contributed by atoms with Crippen molar-refractivity contribution in [3.63, 3.8) is 0 Å². The van der Waals surface area contributed by atoms with Crippen LogP contribution in [0.2, 0.25) is 5.02 Å². The molecule has 0 fully saturated rings. The molecule has 7 nitrogen and oxygen atoms in total. The lowest BCUT2D eigenvalue weighted by atomic mass is 10.0. The summed E-state index contributed by atoms with van der Waals surface area (Å²) in [5.74, 6) is 0. The lowest BCUT2D eigenvalue weighted by Gasteiger charge is -2.20. The van der Waals surface area contributed by atoms with Crippen LogP contribution in [0.4, 0.5) is 5.69 Å². The van der Waals surface area contributed by atoms with Gasteiger partial charge in [-0.05, 0) is 25.5 Å². The number of hydrogen-bond donors (Lipinski definition) is 1. The maximum Gasteiger partial charge on any atom is 0.289 e. The number of halogens is 1. The van der Waals surface area contributed by atoms with Gasteiger partial charge in [0.25, 0.3) is 5.69 Å². The quantitative estimate of drug-likeness (QED) is 0.660. The van der Waals surface area contributed by atoms with Crippen molar-refractivity contribution in [3.8, 4) is 6.07 Å². The molecule has 0 heterocycles. The molecule has 0 aromatic heterocycles. The van der Waals surface area contributed by atoms with E-state index in [0.717, 1.165) is 18.2 Å². The fourth-order valence-electron chi connectivity index (χ4n) is 1.33. The zero-order chi connectivity index (χ0) is 15.6. The number of sulfonamides is 1. The van der Waals surface area contributed by atoms with E-state index in [9.17, 15) is 18.5 Å². The third-order valence-electron chi connectivity index (χ3n) is 2.74. The molecule has 1 rings (SSSR count). The summed E-state index contributed by atoms with van der Waals surface area (Å²) >= 11 is 5.62. The Morgan fingerprint density at radius 2 is 2.15 bits per heavy atom. The van der Waals surface area contributed by atoms with Crippen LogP contribution >= 0.6 is 11.6 Å². The van der Waals surface area contributed by atoms with Gasteiger partial charge in [-0.2, -0.15) is 9.98 Å². The van der Waals surface area contributed by atoms with E-state index < -0.39 is 26.2 Å². The summed E-state index contributed by atoms with van der Waals surface area (Å²) in [6.45, 7) is 3.07. The van der Waals surface area contributed by atoms with E-state index in [4.69, 9.17) is 16.9 Å². The average Bonchev–Trinajstić information content (AvgIpc) is 2.38. The van der Waals surface area contributed by atoms with Crippen molar-refractivity contribution in [1.29, 1.82) is 5.26 Å². The minimum absolute atomic E-state index is 0.160. The highest BCUT2D eigenvalue weighted by molar-refractivity contribution is 7.89. The Bertz CT molecular complexity index is 683. The SMILES string of the molecule is CCC(C)(C#N)NS(=O)(=O)c1ccc(Cl)c([N+](=O)[O-])c1. The predicted octanol–water partition coefficient (Wildman–Crippen LogP) is 2.22. The van der Waals surface area contributed by atoms with Gasteiger partial charge in [0.05, 0.1) is 15.9 Å². The summed E-state index contributed by atoms with van der Waals surface area (Å²) in [7, 11) is -4.05. The molecule has 0 radical (unpaired) electrons. The highest BCUT2D eigenvalue weighted by Crippen LogP contribution is 2.27. The number of nitrogens with zero attached hydrogens (tertiary/aromatic N) is 2. The molecule has 1 aromatic rings. The van der Waals surface area contributed by atoms with Crippen molar-refractivity contribution in [2.24, 2.45) is 0 Å². The monoisotopic (exact) mass is 317 g/mol. The molecule has 0 saturated carbocycles. The smallest absolute Gasteiger partial charge is 0.258 e. The predicted molar refractivity (Wildman–Crippen MR) is 72.7 cm³/mol. The molecule has 0 aliphatic rings. The van der Waals surface area contributed by atoms with Gasteiger partial charge in [0.2, 0.25) is 10.0 Å². The minimum atomic E-state index is -4.05. The molecule has 0 bridgehead atoms. The Morgan fingerprint density at radius 3 is 2.60 bits per heavy atom. The second kappa shape index (κ2) is 5.75. The van der Waals surface area contributed by atoms with Gasteiger partial charge in [-0.3, -0.25) is 10.1 Å². The second-order valence-corrected chi connectivity index (χ2v) is 6.36. The Morgan fingerprint density at radius 1 is 1.55 bits per heavy atom. The average molecular weight is 318 g/mol. The van der Waals surface area contributed by atoms with Gasteiger partial charge in [-0.15, -0.1) is 0 Å². The first-order valence-electron chi connectivity index (χ1n) is 5.54. The van der Waals surface area contributed by atoms with E-state index in [-0.39, 0.29) is 16.3 Å². The maximum absolute atomic E-state index is 12.1. The van der Waals surface area contributed by atoms with Crippen LogP contribution in [0.3, 0.4) is 0 Å². The zero-order valence-electron chi connectivity index (χ0n) is 10.8. The largest absolute Gasteiger partial charge is 0.289 e. The van der Waals surface area contributed by atoms with Crippen LogP contribution in [-0.2, 0) is 10.0 Å². The van der Waals surface area contributed by atoms with Crippen molar-refractivity contribution in [3.05, 3.63) is 33.3 Å². The molecule has 1 atom stereocenters. The fraction of sp³-hybridized carbons (Fsp3) is 0.364. The normalized spacial score (nSPS) is 14.3. The first-order valence-corrected chi connectivity index (χ1v) is 7.40. The summed E-state index contributed by atoms with van der Waals surface area (Å²) in [6, 6.07) is 4.98. The lowest BCUT2D eigenvalue weighted by molar-refractivity contribution is -0.384. The molecule has 20 heavy (non-hydrogen) atoms. The van der Waals surface area contributed by atoms with Gasteiger partial charge in [0.15, 0.2) is 0 Å². The Labute approximate surface area is 121 Å². The highest BCUT2D eigenvalue weighted by atomic mass is 35.5. The highest BCUT2D eigenvalue weighted by Gasteiger charge is 2.30. The number of nitrogens with one attached hydrogen (secondary N) is 1. The number of hydrogen-bond acceptors (Lipinski definition) is 5. The van der Waals surface area contributed by atoms with Crippen LogP contribution < -0.4 is 4.72 Å². The van der Waals surface area contributed by atoms with E-state index in [1.54, 1.807) is 6.92 Å². The van der Waals surface area contributed by atoms with Crippen molar-refractivity contribution in [2.45, 2.75) is 30.7 Å². The Balaban J connectivity index is 3.28. The number of rotatable bonds is 5. The number of benzene rings is 1. The van der Waals surface area contributed by atoms with E-state index in [1.165, 1.54) is 6.92 Å². The molecular weight excluding hydrogens is 306 g/mol. The van der Waals surface area contributed by atoms with Crippen LogP contribution in [-0.4, -0.2) is 18.9 Å². The third-order valence-corrected chi connectivity index (χ3v) is 4.65. The topological polar surface area (TPSA) is 113 Å². The van der Waals surface area contributed by atoms with Gasteiger partial charge in [-0.1, -0.05) is 18.5 Å². The first-order chi connectivity index (χ1) is 9.15. The fourth-order valence-corrected chi connectivity index (χ4v) is 2.93. The molecule has 0 saturated heterocycles. The van der Waals surface area contributed by atoms with E-state index in [0.29, 0.717) is 0 Å². The van der Waals surface area contributed by atoms with Crippen LogP contribution in [0.5, 0.6) is 0 Å². The first kappa shape index (κ1) is 16.4. The lowest BCUT2D eigenvalue weighted by Crippen LogP contribution is -2.44. The molecule has 0 amide bonds. The minimum Gasteiger partial charge on any atom is -0.258 e. The summed E-state index contributed by atoms with van der Waals surface area (Å²) < 4.78 is 26.5. The van der Waals surface area contributed by atoms with Gasteiger partial charge in [0, 0.05) is 6.07 Å². The summed E-state index contributed by atoms with van der Waals surface area (Å²) in [6.07, 6.45) is 0.248. The molecule has 108 valence electrons. The Kier molecular flexibility index (Phi) is 4.70. The maximum atomic E-state index is 12.1. The van der Waals surface area contributed by atoms with Gasteiger partial charge in [-0.25, -0.2) is 8.42 Å². The van der Waals surface area contributed by atoms with Crippen molar-refractivity contribution < 1.29 is 13.3 Å². The molecular formula is C11H12ClN3O4S. The van der Waals surface area contributed by atoms with Crippen LogP contribution in [0.25, 0.3) is 0 Å². The van der Waals surface area contributed by atoms with Gasteiger partial charge < -0.3 is 0 Å². The van der Waals surface area contributed by atoms with E-state index in [1.807, 2.05) is 6.07 Å². The van der Waals surface area contributed by atoms with Gasteiger partial charge in [0.1, 0.15) is 10.6 Å². The molecule has 1 unspecified atom stereocenters. The van der Waals surface area contributed by atoms with Crippen LogP contribution in [0, 0.1) is 21.4 Å². The number of nitro groups is 1. The molecule has 0 spiro atoms. The molecule has 0 aliphatic carbocycles. The summed E-state index contributed by atoms with van der Waals surface area (Å²) in [4.78, 5) is 9.66. The standard InChI is InChI=1S/C11H12ClN3O4S/c1-3-11(2,7-13)14-20(18,19)8-4-5-9(12)10(6-8)15(16)17/h4-6,14H,3H2,1-2H3. The van der Waals surface area contributed by atoms with E-state index in [2.05, 4.69) is 4.72 Å². The second-order valence-electron chi connectivity index (χ2n) is 4.27. The van der Waals surface area contributed by atoms with Crippen molar-refractivity contribution >= 4 is 27.3 Å². The van der Waals surface area contributed by atoms with Crippen LogP contribution in [0.1, 0.15) is 20.3 Å². The van der Waals surface area contributed by atoms with Gasteiger partial charge >= 0.3 is 0 Å². The van der Waals surface area contributed by atoms with Crippen LogP contribution in [0.15, 0.2) is 23.1 Å².